The van der Waals surface area contributed by atoms with Crippen LogP contribution in [-0.4, -0.2) is 23.5 Å². The first kappa shape index (κ1) is 21.8. The van der Waals surface area contributed by atoms with Crippen LogP contribution in [0.2, 0.25) is 0 Å². The summed E-state index contributed by atoms with van der Waals surface area (Å²) in [5.41, 5.74) is 1.65. The second-order valence-electron chi connectivity index (χ2n) is 6.52. The van der Waals surface area contributed by atoms with E-state index in [2.05, 4.69) is 31.9 Å². The predicted molar refractivity (Wildman–Crippen MR) is 119 cm³/mol. The normalized spacial score (nSPS) is 10.3. The number of rotatable bonds is 6. The van der Waals surface area contributed by atoms with E-state index in [1.165, 1.54) is 6.92 Å². The van der Waals surface area contributed by atoms with Crippen molar-refractivity contribution in [2.45, 2.75) is 20.8 Å². The number of carbonyl (C=O) groups excluding carboxylic acids is 2. The van der Waals surface area contributed by atoms with Gasteiger partial charge in [0.05, 0.1) is 12.2 Å². The van der Waals surface area contributed by atoms with Crippen LogP contribution in [0.5, 0.6) is 5.75 Å². The zero-order chi connectivity index (χ0) is 20.7. The third-order valence-electron chi connectivity index (χ3n) is 3.43. The first-order valence-electron chi connectivity index (χ1n) is 8.67. The van der Waals surface area contributed by atoms with E-state index in [1.807, 2.05) is 19.9 Å². The summed E-state index contributed by atoms with van der Waals surface area (Å²) in [4.78, 5) is 23.9. The zero-order valence-corrected chi connectivity index (χ0v) is 18.2. The molecule has 0 spiro atoms. The van der Waals surface area contributed by atoms with Gasteiger partial charge >= 0.3 is 0 Å². The van der Waals surface area contributed by atoms with Crippen molar-refractivity contribution in [2.24, 2.45) is 5.92 Å². The van der Waals surface area contributed by atoms with Gasteiger partial charge in [0.25, 0.3) is 5.91 Å². The molecule has 0 aliphatic carbocycles. The molecule has 6 nitrogen and oxygen atoms in total. The minimum Gasteiger partial charge on any atom is -0.492 e. The van der Waals surface area contributed by atoms with Crippen LogP contribution in [0.1, 0.15) is 31.1 Å². The van der Waals surface area contributed by atoms with E-state index < -0.39 is 0 Å². The molecule has 3 N–H and O–H groups in total. The molecule has 2 aromatic carbocycles. The van der Waals surface area contributed by atoms with Gasteiger partial charge in [-0.05, 0) is 54.5 Å². The number of benzene rings is 2. The maximum absolute atomic E-state index is 12.7. The lowest BCUT2D eigenvalue weighted by atomic mass is 10.2. The van der Waals surface area contributed by atoms with Gasteiger partial charge in [-0.1, -0.05) is 35.8 Å². The van der Waals surface area contributed by atoms with Gasteiger partial charge in [-0.15, -0.1) is 0 Å². The SMILES string of the molecule is CC(=O)Nc1cccc(NC(=S)NC(=O)c2cc(Br)ccc2OCC(C)C)c1. The average Bonchev–Trinajstić information content (AvgIpc) is 2.60. The molecule has 0 saturated carbocycles. The van der Waals surface area contributed by atoms with Crippen molar-refractivity contribution in [1.29, 1.82) is 0 Å². The summed E-state index contributed by atoms with van der Waals surface area (Å²) in [6.07, 6.45) is 0. The molecule has 2 rings (SSSR count). The van der Waals surface area contributed by atoms with Crippen molar-refractivity contribution in [3.05, 3.63) is 52.5 Å². The van der Waals surface area contributed by atoms with Crippen molar-refractivity contribution in [1.82, 2.24) is 5.32 Å². The number of ether oxygens (including phenoxy) is 1. The Bertz CT molecular complexity index is 887. The Balaban J connectivity index is 2.07. The van der Waals surface area contributed by atoms with E-state index in [4.69, 9.17) is 17.0 Å². The first-order chi connectivity index (χ1) is 13.2. The quantitative estimate of drug-likeness (QED) is 0.546. The number of amides is 2. The molecule has 0 saturated heterocycles. The highest BCUT2D eigenvalue weighted by Crippen LogP contribution is 2.24. The lowest BCUT2D eigenvalue weighted by Crippen LogP contribution is -2.34. The summed E-state index contributed by atoms with van der Waals surface area (Å²) in [7, 11) is 0. The van der Waals surface area contributed by atoms with Crippen LogP contribution < -0.4 is 20.7 Å². The number of hydrogen-bond acceptors (Lipinski definition) is 4. The molecule has 2 amide bonds. The molecular weight excluding hydrogens is 442 g/mol. The number of nitrogens with one attached hydrogen (secondary N) is 3. The molecule has 0 bridgehead atoms. The Morgan fingerprint density at radius 2 is 1.79 bits per heavy atom. The maximum atomic E-state index is 12.7. The van der Waals surface area contributed by atoms with E-state index in [9.17, 15) is 9.59 Å². The summed E-state index contributed by atoms with van der Waals surface area (Å²) < 4.78 is 6.50. The fourth-order valence-corrected chi connectivity index (χ4v) is 2.84. The van der Waals surface area contributed by atoms with Gasteiger partial charge < -0.3 is 15.4 Å². The third kappa shape index (κ3) is 6.94. The lowest BCUT2D eigenvalue weighted by molar-refractivity contribution is -0.114. The Kier molecular flexibility index (Phi) is 7.95. The summed E-state index contributed by atoms with van der Waals surface area (Å²) in [6, 6.07) is 12.3. The molecule has 0 atom stereocenters. The molecule has 2 aromatic rings. The van der Waals surface area contributed by atoms with E-state index in [-0.39, 0.29) is 16.9 Å². The van der Waals surface area contributed by atoms with Crippen molar-refractivity contribution < 1.29 is 14.3 Å². The number of thiocarbonyl (C=S) groups is 1. The molecule has 0 fully saturated rings. The Labute approximate surface area is 178 Å². The van der Waals surface area contributed by atoms with Crippen molar-refractivity contribution in [3.63, 3.8) is 0 Å². The molecule has 148 valence electrons. The standard InChI is InChI=1S/C20H22BrN3O3S/c1-12(2)11-27-18-8-7-14(21)9-17(18)19(26)24-20(28)23-16-6-4-5-15(10-16)22-13(3)25/h4-10,12H,11H2,1-3H3,(H,22,25)(H2,23,24,26,28). The topological polar surface area (TPSA) is 79.5 Å². The summed E-state index contributed by atoms with van der Waals surface area (Å²) in [5, 5.41) is 8.42. The van der Waals surface area contributed by atoms with Crippen molar-refractivity contribution in [2.75, 3.05) is 17.2 Å². The number of anilines is 2. The molecular formula is C20H22BrN3O3S. The van der Waals surface area contributed by atoms with Crippen LogP contribution in [0.4, 0.5) is 11.4 Å². The van der Waals surface area contributed by atoms with Crippen molar-refractivity contribution >= 4 is 56.4 Å². The second-order valence-corrected chi connectivity index (χ2v) is 7.84. The molecule has 0 aliphatic rings. The summed E-state index contributed by atoms with van der Waals surface area (Å²) >= 11 is 8.62. The van der Waals surface area contributed by atoms with Crippen LogP contribution in [0.25, 0.3) is 0 Å². The average molecular weight is 464 g/mol. The summed E-state index contributed by atoms with van der Waals surface area (Å²) in [5.74, 6) is 0.273. The van der Waals surface area contributed by atoms with E-state index in [0.29, 0.717) is 35.2 Å². The van der Waals surface area contributed by atoms with Gasteiger partial charge in [0.1, 0.15) is 5.75 Å². The van der Waals surface area contributed by atoms with Gasteiger partial charge in [-0.25, -0.2) is 0 Å². The molecule has 0 unspecified atom stereocenters. The fraction of sp³-hybridized carbons (Fsp3) is 0.250. The Hall–Kier alpha value is -2.45. The highest BCUT2D eigenvalue weighted by molar-refractivity contribution is 9.10. The van der Waals surface area contributed by atoms with Crippen LogP contribution in [0.15, 0.2) is 46.9 Å². The fourth-order valence-electron chi connectivity index (χ4n) is 2.27. The van der Waals surface area contributed by atoms with E-state index in [0.717, 1.165) is 4.47 Å². The van der Waals surface area contributed by atoms with E-state index >= 15 is 0 Å². The monoisotopic (exact) mass is 463 g/mol. The highest BCUT2D eigenvalue weighted by atomic mass is 79.9. The minimum atomic E-state index is -0.379. The van der Waals surface area contributed by atoms with Crippen LogP contribution >= 0.6 is 28.1 Å². The van der Waals surface area contributed by atoms with E-state index in [1.54, 1.807) is 36.4 Å². The van der Waals surface area contributed by atoms with Crippen LogP contribution in [0, 0.1) is 5.92 Å². The lowest BCUT2D eigenvalue weighted by Gasteiger charge is -2.15. The third-order valence-corrected chi connectivity index (χ3v) is 4.12. The molecule has 28 heavy (non-hydrogen) atoms. The minimum absolute atomic E-state index is 0.139. The molecule has 8 heteroatoms. The Morgan fingerprint density at radius 3 is 2.43 bits per heavy atom. The van der Waals surface area contributed by atoms with Crippen LogP contribution in [-0.2, 0) is 4.79 Å². The van der Waals surface area contributed by atoms with Gasteiger partial charge in [0, 0.05) is 22.8 Å². The number of carbonyl (C=O) groups is 2. The highest BCUT2D eigenvalue weighted by Gasteiger charge is 2.15. The predicted octanol–water partition coefficient (Wildman–Crippen LogP) is 4.57. The van der Waals surface area contributed by atoms with Crippen LogP contribution in [0.3, 0.4) is 0 Å². The van der Waals surface area contributed by atoms with Gasteiger partial charge in [0.15, 0.2) is 5.11 Å². The smallest absolute Gasteiger partial charge is 0.261 e. The molecule has 0 radical (unpaired) electrons. The second kappa shape index (κ2) is 10.2. The molecule has 0 aliphatic heterocycles. The van der Waals surface area contributed by atoms with Crippen molar-refractivity contribution in [3.8, 4) is 5.75 Å². The number of hydrogen-bond donors (Lipinski definition) is 3. The van der Waals surface area contributed by atoms with Gasteiger partial charge in [0.2, 0.25) is 5.91 Å². The Morgan fingerprint density at radius 1 is 1.11 bits per heavy atom. The maximum Gasteiger partial charge on any atom is 0.261 e. The molecule has 0 heterocycles. The van der Waals surface area contributed by atoms with Gasteiger partial charge in [-0.2, -0.15) is 0 Å². The first-order valence-corrected chi connectivity index (χ1v) is 9.87. The zero-order valence-electron chi connectivity index (χ0n) is 15.8. The molecule has 0 aromatic heterocycles. The largest absolute Gasteiger partial charge is 0.492 e. The number of halogens is 1. The summed E-state index contributed by atoms with van der Waals surface area (Å²) in [6.45, 7) is 6.00. The van der Waals surface area contributed by atoms with Gasteiger partial charge in [-0.3, -0.25) is 14.9 Å².